The number of fused-ring (bicyclic) bond motifs is 1. The largest absolute Gasteiger partial charge is 0.497 e. The molecule has 5 rings (SSSR count). The van der Waals surface area contributed by atoms with Gasteiger partial charge in [-0.15, -0.1) is 0 Å². The molecule has 3 aliphatic rings. The van der Waals surface area contributed by atoms with Gasteiger partial charge in [0, 0.05) is 38.5 Å². The molecule has 3 atom stereocenters. The van der Waals surface area contributed by atoms with E-state index in [1.807, 2.05) is 49.5 Å². The van der Waals surface area contributed by atoms with Crippen LogP contribution in [0.2, 0.25) is 0 Å². The van der Waals surface area contributed by atoms with E-state index in [1.54, 1.807) is 12.0 Å². The topological polar surface area (TPSA) is 68.3 Å². The van der Waals surface area contributed by atoms with Crippen molar-refractivity contribution in [2.24, 2.45) is 5.92 Å². The number of nitrogens with zero attached hydrogens (tertiary/aromatic N) is 2. The van der Waals surface area contributed by atoms with Gasteiger partial charge in [-0.1, -0.05) is 42.5 Å². The molecular weight excluding hydrogens is 480 g/mol. The standard InChI is InChI=1S/C31H40N2O5/c1-23(34)38-31-15-14-27(32(2)29(35)37-21-25-8-5-4-6-9-25)19-30(31,26-10-7-11-28(18-26)36-3)16-17-33(22-31)20-24-12-13-24/h4-11,18,24,27H,12-17,19-22H2,1-3H3. The highest BCUT2D eigenvalue weighted by molar-refractivity contribution is 5.68. The summed E-state index contributed by atoms with van der Waals surface area (Å²) in [5, 5.41) is 0. The van der Waals surface area contributed by atoms with E-state index in [0.29, 0.717) is 12.8 Å². The van der Waals surface area contributed by atoms with Gasteiger partial charge >= 0.3 is 12.1 Å². The minimum Gasteiger partial charge on any atom is -0.497 e. The first kappa shape index (κ1) is 26.5. The van der Waals surface area contributed by atoms with E-state index in [4.69, 9.17) is 14.2 Å². The highest BCUT2D eigenvalue weighted by atomic mass is 16.6. The molecule has 2 aromatic rings. The van der Waals surface area contributed by atoms with Gasteiger partial charge in [-0.25, -0.2) is 4.79 Å². The SMILES string of the molecule is COc1cccc(C23CCN(CC4CC4)CC2(OC(C)=O)CCC(N(C)C(=O)OCc2ccccc2)C3)c1. The van der Waals surface area contributed by atoms with Gasteiger partial charge in [0.2, 0.25) is 0 Å². The van der Waals surface area contributed by atoms with Crippen LogP contribution >= 0.6 is 0 Å². The Kier molecular flexibility index (Phi) is 7.66. The maximum Gasteiger partial charge on any atom is 0.410 e. The fraction of sp³-hybridized carbons (Fsp3) is 0.548. The molecule has 1 heterocycles. The number of esters is 1. The summed E-state index contributed by atoms with van der Waals surface area (Å²) in [6, 6.07) is 17.9. The number of methoxy groups -OCH3 is 1. The van der Waals surface area contributed by atoms with Gasteiger partial charge in [-0.2, -0.15) is 0 Å². The number of piperidine rings is 1. The van der Waals surface area contributed by atoms with E-state index in [2.05, 4.69) is 17.0 Å². The summed E-state index contributed by atoms with van der Waals surface area (Å²) in [6.45, 7) is 4.47. The fourth-order valence-corrected chi connectivity index (χ4v) is 6.70. The number of amides is 1. The molecule has 2 saturated carbocycles. The highest BCUT2D eigenvalue weighted by Gasteiger charge is 2.61. The van der Waals surface area contributed by atoms with Crippen LogP contribution in [0, 0.1) is 5.92 Å². The molecule has 0 spiro atoms. The van der Waals surface area contributed by atoms with Crippen molar-refractivity contribution in [2.45, 2.75) is 69.1 Å². The third-order valence-electron chi connectivity index (χ3n) is 8.89. The third kappa shape index (κ3) is 5.39. The molecular formula is C31H40N2O5. The molecule has 0 aromatic heterocycles. The van der Waals surface area contributed by atoms with Crippen molar-refractivity contribution in [3.63, 3.8) is 0 Å². The summed E-state index contributed by atoms with van der Waals surface area (Å²) in [7, 11) is 3.51. The van der Waals surface area contributed by atoms with E-state index >= 15 is 0 Å². The summed E-state index contributed by atoms with van der Waals surface area (Å²) in [4.78, 5) is 30.0. The predicted molar refractivity (Wildman–Crippen MR) is 145 cm³/mol. The number of ether oxygens (including phenoxy) is 3. The number of benzene rings is 2. The van der Waals surface area contributed by atoms with Crippen LogP contribution in [-0.4, -0.2) is 67.3 Å². The van der Waals surface area contributed by atoms with E-state index < -0.39 is 11.0 Å². The first-order valence-corrected chi connectivity index (χ1v) is 13.8. The second-order valence-electron chi connectivity index (χ2n) is 11.4. The van der Waals surface area contributed by atoms with Crippen molar-refractivity contribution in [1.82, 2.24) is 9.80 Å². The van der Waals surface area contributed by atoms with Crippen molar-refractivity contribution < 1.29 is 23.8 Å². The lowest BCUT2D eigenvalue weighted by Crippen LogP contribution is -2.68. The van der Waals surface area contributed by atoms with Crippen molar-refractivity contribution in [3.05, 3.63) is 65.7 Å². The van der Waals surface area contributed by atoms with Gasteiger partial charge in [-0.3, -0.25) is 9.69 Å². The van der Waals surface area contributed by atoms with E-state index in [0.717, 1.165) is 55.3 Å². The van der Waals surface area contributed by atoms with Crippen molar-refractivity contribution in [3.8, 4) is 5.75 Å². The van der Waals surface area contributed by atoms with E-state index in [9.17, 15) is 9.59 Å². The number of hydrogen-bond donors (Lipinski definition) is 0. The van der Waals surface area contributed by atoms with Crippen molar-refractivity contribution >= 4 is 12.1 Å². The molecule has 7 heteroatoms. The molecule has 3 unspecified atom stereocenters. The minimum atomic E-state index is -0.663. The smallest absolute Gasteiger partial charge is 0.410 e. The van der Waals surface area contributed by atoms with E-state index in [-0.39, 0.29) is 24.7 Å². The lowest BCUT2D eigenvalue weighted by molar-refractivity contribution is -0.189. The lowest BCUT2D eigenvalue weighted by Gasteiger charge is -2.60. The van der Waals surface area contributed by atoms with Crippen LogP contribution in [0.1, 0.15) is 56.6 Å². The molecule has 2 aromatic carbocycles. The number of rotatable bonds is 8. The summed E-state index contributed by atoms with van der Waals surface area (Å²) >= 11 is 0. The first-order chi connectivity index (χ1) is 18.3. The van der Waals surface area contributed by atoms with E-state index in [1.165, 1.54) is 19.8 Å². The summed E-state index contributed by atoms with van der Waals surface area (Å²) in [5.41, 5.74) is 0.968. The zero-order chi connectivity index (χ0) is 26.8. The Morgan fingerprint density at radius 3 is 2.55 bits per heavy atom. The highest BCUT2D eigenvalue weighted by Crippen LogP contribution is 2.55. The first-order valence-electron chi connectivity index (χ1n) is 13.8. The molecule has 0 N–H and O–H groups in total. The number of hydrogen-bond acceptors (Lipinski definition) is 6. The zero-order valence-corrected chi connectivity index (χ0v) is 22.9. The lowest BCUT2D eigenvalue weighted by atomic mass is 9.55. The fourth-order valence-electron chi connectivity index (χ4n) is 6.70. The molecule has 38 heavy (non-hydrogen) atoms. The minimum absolute atomic E-state index is 0.0388. The van der Waals surface area contributed by atoms with Crippen LogP contribution in [0.15, 0.2) is 54.6 Å². The van der Waals surface area contributed by atoms with Gasteiger partial charge in [-0.05, 0) is 74.2 Å². The average Bonchev–Trinajstić information content (AvgIpc) is 3.75. The Labute approximate surface area is 226 Å². The van der Waals surface area contributed by atoms with Crippen LogP contribution in [-0.2, 0) is 26.3 Å². The summed E-state index contributed by atoms with van der Waals surface area (Å²) < 4.78 is 17.7. The van der Waals surface area contributed by atoms with Crippen LogP contribution < -0.4 is 4.74 Å². The Morgan fingerprint density at radius 1 is 1.05 bits per heavy atom. The molecule has 0 radical (unpaired) electrons. The van der Waals surface area contributed by atoms with Gasteiger partial charge in [0.15, 0.2) is 0 Å². The van der Waals surface area contributed by atoms with Gasteiger partial charge in [0.25, 0.3) is 0 Å². The van der Waals surface area contributed by atoms with Crippen molar-refractivity contribution in [2.75, 3.05) is 33.8 Å². The third-order valence-corrected chi connectivity index (χ3v) is 8.89. The quantitative estimate of drug-likeness (QED) is 0.447. The van der Waals surface area contributed by atoms with Gasteiger partial charge in [0.05, 0.1) is 7.11 Å². The number of likely N-dealkylation sites (tertiary alicyclic amines) is 1. The Balaban J connectivity index is 1.44. The molecule has 2 aliphatic carbocycles. The number of carbonyl (C=O) groups is 2. The molecule has 3 fully saturated rings. The number of carbonyl (C=O) groups excluding carboxylic acids is 2. The van der Waals surface area contributed by atoms with Crippen LogP contribution in [0.5, 0.6) is 5.75 Å². The second kappa shape index (κ2) is 11.0. The van der Waals surface area contributed by atoms with Crippen LogP contribution in [0.3, 0.4) is 0 Å². The molecule has 1 amide bonds. The summed E-state index contributed by atoms with van der Waals surface area (Å²) in [5.74, 6) is 1.29. The molecule has 1 aliphatic heterocycles. The van der Waals surface area contributed by atoms with Crippen LogP contribution in [0.4, 0.5) is 4.79 Å². The molecule has 0 bridgehead atoms. The normalized spacial score (nSPS) is 27.2. The Bertz CT molecular complexity index is 1140. The van der Waals surface area contributed by atoms with Gasteiger partial charge < -0.3 is 19.1 Å². The van der Waals surface area contributed by atoms with Gasteiger partial charge in [0.1, 0.15) is 18.0 Å². The maximum atomic E-state index is 13.1. The molecule has 204 valence electrons. The second-order valence-corrected chi connectivity index (χ2v) is 11.4. The Morgan fingerprint density at radius 2 is 1.84 bits per heavy atom. The zero-order valence-electron chi connectivity index (χ0n) is 22.9. The Hall–Kier alpha value is -3.06. The monoisotopic (exact) mass is 520 g/mol. The molecule has 1 saturated heterocycles. The van der Waals surface area contributed by atoms with Crippen LogP contribution in [0.25, 0.3) is 0 Å². The predicted octanol–water partition coefficient (Wildman–Crippen LogP) is 5.17. The maximum absolute atomic E-state index is 13.1. The summed E-state index contributed by atoms with van der Waals surface area (Å²) in [6.07, 6.45) is 5.22. The molecule has 7 nitrogen and oxygen atoms in total. The average molecular weight is 521 g/mol. The van der Waals surface area contributed by atoms with Crippen molar-refractivity contribution in [1.29, 1.82) is 0 Å².